The van der Waals surface area contributed by atoms with Crippen molar-refractivity contribution >= 4 is 23.5 Å². The summed E-state index contributed by atoms with van der Waals surface area (Å²) in [6.45, 7) is 1.03. The largest absolute Gasteiger partial charge is 0.573 e. The third-order valence-corrected chi connectivity index (χ3v) is 3.62. The van der Waals surface area contributed by atoms with E-state index in [9.17, 15) is 27.6 Å². The Morgan fingerprint density at radius 1 is 1.00 bits per heavy atom. The maximum atomic E-state index is 12.1. The molecular weight excluding hydrogens is 405 g/mol. The lowest BCUT2D eigenvalue weighted by molar-refractivity contribution is -0.274. The van der Waals surface area contributed by atoms with Crippen molar-refractivity contribution in [2.75, 3.05) is 11.9 Å². The van der Waals surface area contributed by atoms with Crippen LogP contribution in [0.25, 0.3) is 0 Å². The average Bonchev–Trinajstić information content (AvgIpc) is 2.67. The van der Waals surface area contributed by atoms with Gasteiger partial charge in [-0.25, -0.2) is 0 Å². The molecule has 0 spiro atoms. The second kappa shape index (κ2) is 10.3. The zero-order valence-corrected chi connectivity index (χ0v) is 15.9. The van der Waals surface area contributed by atoms with Crippen LogP contribution in [0, 0.1) is 0 Å². The van der Waals surface area contributed by atoms with Crippen molar-refractivity contribution in [3.05, 3.63) is 60.2 Å². The fourth-order valence-electron chi connectivity index (χ4n) is 2.34. The van der Waals surface area contributed by atoms with Gasteiger partial charge in [-0.2, -0.15) is 0 Å². The first-order valence-electron chi connectivity index (χ1n) is 8.79. The van der Waals surface area contributed by atoms with Gasteiger partial charge in [-0.15, -0.1) is 13.2 Å². The molecule has 10 heteroatoms. The van der Waals surface area contributed by atoms with E-state index in [0.717, 1.165) is 12.1 Å². The third-order valence-electron chi connectivity index (χ3n) is 3.62. The number of esters is 1. The van der Waals surface area contributed by atoms with Gasteiger partial charge in [0.1, 0.15) is 5.75 Å². The van der Waals surface area contributed by atoms with E-state index >= 15 is 0 Å². The number of halogens is 3. The Balaban J connectivity index is 1.72. The van der Waals surface area contributed by atoms with E-state index in [4.69, 9.17) is 4.74 Å². The number of ether oxygens (including phenoxy) is 2. The second-order valence-electron chi connectivity index (χ2n) is 6.23. The van der Waals surface area contributed by atoms with E-state index < -0.39 is 36.6 Å². The summed E-state index contributed by atoms with van der Waals surface area (Å²) in [6.07, 6.45) is -4.95. The molecule has 0 heterocycles. The molecule has 0 aliphatic heterocycles. The molecule has 0 radical (unpaired) electrons. The Bertz CT molecular complexity index is 870. The summed E-state index contributed by atoms with van der Waals surface area (Å²) >= 11 is 0. The molecule has 2 amide bonds. The van der Waals surface area contributed by atoms with Gasteiger partial charge in [-0.3, -0.25) is 14.4 Å². The van der Waals surface area contributed by atoms with Gasteiger partial charge >= 0.3 is 12.3 Å². The van der Waals surface area contributed by atoms with Crippen LogP contribution in [0.3, 0.4) is 0 Å². The van der Waals surface area contributed by atoms with Crippen molar-refractivity contribution < 1.29 is 37.0 Å². The summed E-state index contributed by atoms with van der Waals surface area (Å²) in [5.74, 6) is -2.14. The lowest BCUT2D eigenvalue weighted by Crippen LogP contribution is -2.35. The van der Waals surface area contributed by atoms with Crippen molar-refractivity contribution in [2.45, 2.75) is 25.7 Å². The van der Waals surface area contributed by atoms with Crippen LogP contribution in [0.4, 0.5) is 18.9 Å². The topological polar surface area (TPSA) is 93.7 Å². The van der Waals surface area contributed by atoms with Crippen LogP contribution < -0.4 is 15.4 Å². The molecule has 2 N–H and O–H groups in total. The minimum absolute atomic E-state index is 0.144. The zero-order valence-electron chi connectivity index (χ0n) is 15.9. The van der Waals surface area contributed by atoms with Crippen LogP contribution in [-0.4, -0.2) is 36.8 Å². The average molecular weight is 424 g/mol. The minimum atomic E-state index is -4.81. The van der Waals surface area contributed by atoms with Gasteiger partial charge < -0.3 is 20.1 Å². The van der Waals surface area contributed by atoms with Crippen LogP contribution in [0.2, 0.25) is 0 Å². The summed E-state index contributed by atoms with van der Waals surface area (Å²) in [6, 6.07) is 12.4. The first-order chi connectivity index (χ1) is 14.1. The molecule has 2 aromatic rings. The molecule has 30 heavy (non-hydrogen) atoms. The van der Waals surface area contributed by atoms with E-state index in [2.05, 4.69) is 15.4 Å². The van der Waals surface area contributed by atoms with E-state index in [-0.39, 0.29) is 18.0 Å². The molecule has 160 valence electrons. The van der Waals surface area contributed by atoms with Crippen LogP contribution in [0.5, 0.6) is 5.75 Å². The number of rotatable bonds is 8. The molecule has 0 aromatic heterocycles. The number of alkyl halides is 3. The standard InChI is InChI=1S/C20H19F3N2O5/c1-13(24-19(28)14-5-3-2-4-6-14)11-18(27)29-12-17(26)25-15-7-9-16(10-8-15)30-20(21,22)23/h2-10,13H,11-12H2,1H3,(H,24,28)(H,25,26). The lowest BCUT2D eigenvalue weighted by atomic mass is 10.2. The first-order valence-corrected chi connectivity index (χ1v) is 8.79. The zero-order chi connectivity index (χ0) is 22.1. The number of carbonyl (C=O) groups is 3. The highest BCUT2D eigenvalue weighted by Gasteiger charge is 2.31. The fourth-order valence-corrected chi connectivity index (χ4v) is 2.34. The van der Waals surface area contributed by atoms with Crippen LogP contribution in [0.1, 0.15) is 23.7 Å². The van der Waals surface area contributed by atoms with Gasteiger partial charge in [0.05, 0.1) is 6.42 Å². The maximum Gasteiger partial charge on any atom is 0.573 e. The van der Waals surface area contributed by atoms with Crippen LogP contribution in [-0.2, 0) is 14.3 Å². The molecular formula is C20H19F3N2O5. The predicted molar refractivity (Wildman–Crippen MR) is 101 cm³/mol. The fraction of sp³-hybridized carbons (Fsp3) is 0.250. The summed E-state index contributed by atoms with van der Waals surface area (Å²) in [4.78, 5) is 35.6. The Morgan fingerprint density at radius 2 is 1.63 bits per heavy atom. The Hall–Kier alpha value is -3.56. The minimum Gasteiger partial charge on any atom is -0.455 e. The number of hydrogen-bond acceptors (Lipinski definition) is 5. The highest BCUT2D eigenvalue weighted by atomic mass is 19.4. The molecule has 2 aromatic carbocycles. The Kier molecular flexibility index (Phi) is 7.79. The quantitative estimate of drug-likeness (QED) is 0.635. The molecule has 0 aliphatic carbocycles. The molecule has 0 aliphatic rings. The summed E-state index contributed by atoms with van der Waals surface area (Å²) in [5, 5.41) is 5.02. The first kappa shape index (κ1) is 22.7. The SMILES string of the molecule is CC(CC(=O)OCC(=O)Nc1ccc(OC(F)(F)F)cc1)NC(=O)c1ccccc1. The molecule has 0 saturated heterocycles. The monoisotopic (exact) mass is 424 g/mol. The molecule has 0 fully saturated rings. The molecule has 7 nitrogen and oxygen atoms in total. The number of hydrogen-bond donors (Lipinski definition) is 2. The van der Waals surface area contributed by atoms with E-state index in [1.54, 1.807) is 37.3 Å². The third kappa shape index (κ3) is 8.21. The van der Waals surface area contributed by atoms with Gasteiger partial charge in [0, 0.05) is 17.3 Å². The van der Waals surface area contributed by atoms with Gasteiger partial charge in [0.15, 0.2) is 6.61 Å². The number of carbonyl (C=O) groups excluding carboxylic acids is 3. The van der Waals surface area contributed by atoms with Gasteiger partial charge in [-0.05, 0) is 43.3 Å². The normalized spacial score (nSPS) is 11.9. The van der Waals surface area contributed by atoms with Crippen LogP contribution >= 0.6 is 0 Å². The molecule has 2 rings (SSSR count). The molecule has 1 unspecified atom stereocenters. The lowest BCUT2D eigenvalue weighted by Gasteiger charge is -2.13. The molecule has 1 atom stereocenters. The molecule has 0 bridgehead atoms. The smallest absolute Gasteiger partial charge is 0.455 e. The van der Waals surface area contributed by atoms with E-state index in [0.29, 0.717) is 5.56 Å². The van der Waals surface area contributed by atoms with Crippen molar-refractivity contribution in [1.82, 2.24) is 5.32 Å². The van der Waals surface area contributed by atoms with Gasteiger partial charge in [-0.1, -0.05) is 18.2 Å². The van der Waals surface area contributed by atoms with Gasteiger partial charge in [0.25, 0.3) is 11.8 Å². The van der Waals surface area contributed by atoms with Crippen molar-refractivity contribution in [3.63, 3.8) is 0 Å². The number of nitrogens with one attached hydrogen (secondary N) is 2. The maximum absolute atomic E-state index is 12.1. The number of benzene rings is 2. The number of anilines is 1. The van der Waals surface area contributed by atoms with Crippen LogP contribution in [0.15, 0.2) is 54.6 Å². The molecule has 0 saturated carbocycles. The number of amides is 2. The van der Waals surface area contributed by atoms with Crippen molar-refractivity contribution in [3.8, 4) is 5.75 Å². The van der Waals surface area contributed by atoms with E-state index in [1.165, 1.54) is 12.1 Å². The summed E-state index contributed by atoms with van der Waals surface area (Å²) < 4.78 is 44.9. The van der Waals surface area contributed by atoms with E-state index in [1.807, 2.05) is 0 Å². The van der Waals surface area contributed by atoms with Crippen molar-refractivity contribution in [1.29, 1.82) is 0 Å². The van der Waals surface area contributed by atoms with Crippen molar-refractivity contribution in [2.24, 2.45) is 0 Å². The summed E-state index contributed by atoms with van der Waals surface area (Å²) in [7, 11) is 0. The predicted octanol–water partition coefficient (Wildman–Crippen LogP) is 3.28. The highest BCUT2D eigenvalue weighted by molar-refractivity contribution is 5.95. The second-order valence-corrected chi connectivity index (χ2v) is 6.23. The Labute approximate surface area is 170 Å². The summed E-state index contributed by atoms with van der Waals surface area (Å²) in [5.41, 5.74) is 0.651. The Morgan fingerprint density at radius 3 is 2.23 bits per heavy atom. The highest BCUT2D eigenvalue weighted by Crippen LogP contribution is 2.23. The van der Waals surface area contributed by atoms with Gasteiger partial charge in [0.2, 0.25) is 0 Å².